The highest BCUT2D eigenvalue weighted by molar-refractivity contribution is 6.29. The Balaban J connectivity index is 2.84. The smallest absolute Gasteiger partial charge is 0.252 e. The summed E-state index contributed by atoms with van der Waals surface area (Å²) in [6, 6.07) is 4.87. The van der Waals surface area contributed by atoms with Crippen molar-refractivity contribution in [3.05, 3.63) is 28.5 Å². The highest BCUT2D eigenvalue weighted by Crippen LogP contribution is 2.13. The van der Waals surface area contributed by atoms with Gasteiger partial charge in [0.25, 0.3) is 5.91 Å². The summed E-state index contributed by atoms with van der Waals surface area (Å²) in [5, 5.41) is 11.9. The number of nitrogens with zero attached hydrogens (tertiary/aromatic N) is 2. The van der Waals surface area contributed by atoms with Gasteiger partial charge >= 0.3 is 0 Å². The van der Waals surface area contributed by atoms with Gasteiger partial charge in [0.1, 0.15) is 11.2 Å². The first-order valence-electron chi connectivity index (χ1n) is 6.47. The molecule has 1 N–H and O–H groups in total. The van der Waals surface area contributed by atoms with Crippen molar-refractivity contribution in [3.63, 3.8) is 0 Å². The van der Waals surface area contributed by atoms with E-state index in [1.54, 1.807) is 6.07 Å². The normalized spacial score (nSPS) is 11.7. The maximum Gasteiger partial charge on any atom is 0.252 e. The van der Waals surface area contributed by atoms with Crippen LogP contribution in [0.2, 0.25) is 5.15 Å². The molecule has 4 nitrogen and oxygen atoms in total. The largest absolute Gasteiger partial charge is 0.336 e. The minimum absolute atomic E-state index is 0.276. The van der Waals surface area contributed by atoms with Crippen LogP contribution in [0.3, 0.4) is 0 Å². The Morgan fingerprint density at radius 3 is 2.79 bits per heavy atom. The quantitative estimate of drug-likeness (QED) is 0.814. The summed E-state index contributed by atoms with van der Waals surface area (Å²) in [6.07, 6.45) is 3.20. The number of carbonyl (C=O) groups is 1. The molecular weight excluding hydrogens is 262 g/mol. The molecule has 102 valence electrons. The van der Waals surface area contributed by atoms with Crippen molar-refractivity contribution in [1.82, 2.24) is 10.3 Å². The summed E-state index contributed by atoms with van der Waals surface area (Å²) in [4.78, 5) is 16.2. The summed E-state index contributed by atoms with van der Waals surface area (Å²) in [6.45, 7) is 4.01. The third-order valence-electron chi connectivity index (χ3n) is 2.65. The molecule has 19 heavy (non-hydrogen) atoms. The third kappa shape index (κ3) is 4.88. The summed E-state index contributed by atoms with van der Waals surface area (Å²) in [5.74, 6) is -0.276. The molecule has 0 aliphatic carbocycles. The molecule has 0 aliphatic rings. The standard InChI is InChI=1S/C14H18ClN3O/c1-3-5-11-7-10(8-13(15)17-11)14(19)18-12(9-16)6-4-2/h7-8,12H,3-6H2,1-2H3,(H,18,19). The lowest BCUT2D eigenvalue weighted by atomic mass is 10.1. The monoisotopic (exact) mass is 279 g/mol. The number of hydrogen-bond acceptors (Lipinski definition) is 3. The first-order chi connectivity index (χ1) is 9.10. The van der Waals surface area contributed by atoms with Crippen molar-refractivity contribution >= 4 is 17.5 Å². The topological polar surface area (TPSA) is 65.8 Å². The Morgan fingerprint density at radius 1 is 1.47 bits per heavy atom. The number of pyridine rings is 1. The Kier molecular flexibility index (Phi) is 6.31. The zero-order chi connectivity index (χ0) is 14.3. The minimum atomic E-state index is -0.459. The Hall–Kier alpha value is -1.60. The number of halogens is 1. The van der Waals surface area contributed by atoms with Crippen LogP contribution in [-0.2, 0) is 6.42 Å². The number of nitriles is 1. The molecule has 0 spiro atoms. The molecule has 0 bridgehead atoms. The second-order valence-corrected chi connectivity index (χ2v) is 4.75. The van der Waals surface area contributed by atoms with Crippen LogP contribution < -0.4 is 5.32 Å². The van der Waals surface area contributed by atoms with Crippen LogP contribution in [0, 0.1) is 11.3 Å². The molecule has 1 aromatic heterocycles. The average molecular weight is 280 g/mol. The number of amides is 1. The van der Waals surface area contributed by atoms with Gasteiger partial charge in [-0.05, 0) is 25.0 Å². The molecule has 1 heterocycles. The van der Waals surface area contributed by atoms with Crippen molar-refractivity contribution in [2.75, 3.05) is 0 Å². The van der Waals surface area contributed by atoms with E-state index in [2.05, 4.69) is 16.4 Å². The van der Waals surface area contributed by atoms with Crippen LogP contribution in [0.4, 0.5) is 0 Å². The van der Waals surface area contributed by atoms with E-state index in [-0.39, 0.29) is 5.91 Å². The number of nitrogens with one attached hydrogen (secondary N) is 1. The maximum atomic E-state index is 12.0. The summed E-state index contributed by atoms with van der Waals surface area (Å²) >= 11 is 5.91. The lowest BCUT2D eigenvalue weighted by Crippen LogP contribution is -2.33. The molecule has 0 aliphatic heterocycles. The van der Waals surface area contributed by atoms with Crippen LogP contribution in [-0.4, -0.2) is 16.9 Å². The molecule has 0 saturated heterocycles. The van der Waals surface area contributed by atoms with Crippen molar-refractivity contribution in [3.8, 4) is 6.07 Å². The SMILES string of the molecule is CCCc1cc(C(=O)NC(C#N)CCC)cc(Cl)n1. The van der Waals surface area contributed by atoms with Crippen molar-refractivity contribution in [1.29, 1.82) is 5.26 Å². The molecule has 1 aromatic rings. The molecule has 1 unspecified atom stereocenters. The zero-order valence-electron chi connectivity index (χ0n) is 11.2. The van der Waals surface area contributed by atoms with Gasteiger partial charge in [-0.1, -0.05) is 38.3 Å². The van der Waals surface area contributed by atoms with Crippen LogP contribution in [0.1, 0.15) is 49.2 Å². The fraction of sp³-hybridized carbons (Fsp3) is 0.500. The first kappa shape index (κ1) is 15.5. The molecule has 0 aromatic carbocycles. The molecule has 0 radical (unpaired) electrons. The molecule has 0 saturated carbocycles. The Bertz CT molecular complexity index is 482. The summed E-state index contributed by atoms with van der Waals surface area (Å²) < 4.78 is 0. The molecule has 1 amide bonds. The van der Waals surface area contributed by atoms with E-state index in [4.69, 9.17) is 16.9 Å². The number of rotatable bonds is 6. The van der Waals surface area contributed by atoms with Gasteiger partial charge in [0.05, 0.1) is 6.07 Å². The number of hydrogen-bond donors (Lipinski definition) is 1. The van der Waals surface area contributed by atoms with Gasteiger partial charge in [0.15, 0.2) is 0 Å². The molecular formula is C14H18ClN3O. The van der Waals surface area contributed by atoms with Crippen LogP contribution in [0.15, 0.2) is 12.1 Å². The van der Waals surface area contributed by atoms with E-state index >= 15 is 0 Å². The van der Waals surface area contributed by atoms with E-state index in [1.807, 2.05) is 13.8 Å². The van der Waals surface area contributed by atoms with Crippen LogP contribution in [0.25, 0.3) is 0 Å². The van der Waals surface area contributed by atoms with Crippen LogP contribution in [0.5, 0.6) is 0 Å². The molecule has 1 rings (SSSR count). The molecule has 1 atom stereocenters. The van der Waals surface area contributed by atoms with E-state index < -0.39 is 6.04 Å². The second kappa shape index (κ2) is 7.75. The van der Waals surface area contributed by atoms with E-state index in [1.165, 1.54) is 6.07 Å². The van der Waals surface area contributed by atoms with E-state index in [0.29, 0.717) is 17.1 Å². The zero-order valence-corrected chi connectivity index (χ0v) is 12.0. The van der Waals surface area contributed by atoms with Gasteiger partial charge in [-0.3, -0.25) is 4.79 Å². The fourth-order valence-corrected chi connectivity index (χ4v) is 1.99. The predicted octanol–water partition coefficient (Wildman–Crippen LogP) is 3.11. The van der Waals surface area contributed by atoms with Gasteiger partial charge < -0.3 is 5.32 Å². The first-order valence-corrected chi connectivity index (χ1v) is 6.85. The van der Waals surface area contributed by atoms with Crippen molar-refractivity contribution in [2.45, 2.75) is 45.6 Å². The molecule has 5 heteroatoms. The van der Waals surface area contributed by atoms with Gasteiger partial charge in [-0.2, -0.15) is 5.26 Å². The second-order valence-electron chi connectivity index (χ2n) is 4.36. The number of carbonyl (C=O) groups excluding carboxylic acids is 1. The summed E-state index contributed by atoms with van der Waals surface area (Å²) in [5.41, 5.74) is 1.25. The summed E-state index contributed by atoms with van der Waals surface area (Å²) in [7, 11) is 0. The molecule has 0 fully saturated rings. The maximum absolute atomic E-state index is 12.0. The Morgan fingerprint density at radius 2 is 2.21 bits per heavy atom. The highest BCUT2D eigenvalue weighted by atomic mass is 35.5. The van der Waals surface area contributed by atoms with Gasteiger partial charge in [0, 0.05) is 11.3 Å². The Labute approximate surface area is 118 Å². The fourth-order valence-electron chi connectivity index (χ4n) is 1.77. The van der Waals surface area contributed by atoms with Gasteiger partial charge in [-0.15, -0.1) is 0 Å². The number of aryl methyl sites for hydroxylation is 1. The van der Waals surface area contributed by atoms with E-state index in [0.717, 1.165) is 25.0 Å². The van der Waals surface area contributed by atoms with Gasteiger partial charge in [-0.25, -0.2) is 4.98 Å². The predicted molar refractivity (Wildman–Crippen MR) is 75.0 cm³/mol. The van der Waals surface area contributed by atoms with Gasteiger partial charge in [0.2, 0.25) is 0 Å². The number of aromatic nitrogens is 1. The van der Waals surface area contributed by atoms with Crippen LogP contribution >= 0.6 is 11.6 Å². The lowest BCUT2D eigenvalue weighted by molar-refractivity contribution is 0.0943. The van der Waals surface area contributed by atoms with Crippen molar-refractivity contribution in [2.24, 2.45) is 0 Å². The third-order valence-corrected chi connectivity index (χ3v) is 2.85. The van der Waals surface area contributed by atoms with Crippen molar-refractivity contribution < 1.29 is 4.79 Å². The lowest BCUT2D eigenvalue weighted by Gasteiger charge is -2.11. The highest BCUT2D eigenvalue weighted by Gasteiger charge is 2.14. The minimum Gasteiger partial charge on any atom is -0.336 e. The average Bonchev–Trinajstić information content (AvgIpc) is 2.37. The van der Waals surface area contributed by atoms with E-state index in [9.17, 15) is 4.79 Å².